The van der Waals surface area contributed by atoms with Gasteiger partial charge < -0.3 is 19.5 Å². The lowest BCUT2D eigenvalue weighted by Gasteiger charge is -2.24. The second-order valence-corrected chi connectivity index (χ2v) is 6.86. The van der Waals surface area contributed by atoms with Crippen LogP contribution in [0, 0.1) is 17.8 Å². The number of hydrogen-bond donors (Lipinski definition) is 1. The number of benzene rings is 1. The molecule has 6 nitrogen and oxygen atoms in total. The number of fused-ring (bicyclic) bond motifs is 2. The lowest BCUT2D eigenvalue weighted by Crippen LogP contribution is -2.39. The van der Waals surface area contributed by atoms with Crippen LogP contribution in [0.15, 0.2) is 18.2 Å². The van der Waals surface area contributed by atoms with Crippen molar-refractivity contribution in [2.75, 3.05) is 21.3 Å². The first kappa shape index (κ1) is 17.6. The third-order valence-electron chi connectivity index (χ3n) is 5.54. The van der Waals surface area contributed by atoms with Crippen molar-refractivity contribution in [3.05, 3.63) is 23.8 Å². The van der Waals surface area contributed by atoms with Gasteiger partial charge >= 0.3 is 5.97 Å². The van der Waals surface area contributed by atoms with Crippen LogP contribution in [0.1, 0.15) is 37.3 Å². The number of methoxy groups -OCH3 is 3. The van der Waals surface area contributed by atoms with Gasteiger partial charge in [0, 0.05) is 5.92 Å². The second-order valence-electron chi connectivity index (χ2n) is 6.86. The summed E-state index contributed by atoms with van der Waals surface area (Å²) in [6.07, 6.45) is 4.40. The SMILES string of the molecule is COC(=O)[C@H](NC(=O)[C@@H]1C[C@H]2CC[C@H]1C2)c1ccc(OC)c(OC)c1. The minimum atomic E-state index is -0.851. The van der Waals surface area contributed by atoms with E-state index in [1.807, 2.05) is 0 Å². The van der Waals surface area contributed by atoms with Crippen LogP contribution in [0.2, 0.25) is 0 Å². The normalized spacial score (nSPS) is 25.3. The van der Waals surface area contributed by atoms with E-state index in [2.05, 4.69) is 5.32 Å². The standard InChI is InChI=1S/C19H25NO5/c1-23-15-7-6-13(10-16(15)24-2)17(19(22)25-3)20-18(21)14-9-11-4-5-12(14)8-11/h6-7,10-12,14,17H,4-5,8-9H2,1-3H3,(H,20,21)/t11-,12-,14+,17+/m0/s1. The topological polar surface area (TPSA) is 73.9 Å². The maximum atomic E-state index is 12.7. The molecular weight excluding hydrogens is 322 g/mol. The number of rotatable bonds is 6. The van der Waals surface area contributed by atoms with Crippen LogP contribution in [0.25, 0.3) is 0 Å². The molecule has 2 aliphatic carbocycles. The molecule has 6 heteroatoms. The van der Waals surface area contributed by atoms with E-state index in [0.29, 0.717) is 28.9 Å². The van der Waals surface area contributed by atoms with Crippen molar-refractivity contribution in [3.63, 3.8) is 0 Å². The Morgan fingerprint density at radius 1 is 1.08 bits per heavy atom. The van der Waals surface area contributed by atoms with Gasteiger partial charge in [0.15, 0.2) is 17.5 Å². The van der Waals surface area contributed by atoms with Crippen molar-refractivity contribution >= 4 is 11.9 Å². The van der Waals surface area contributed by atoms with Crippen molar-refractivity contribution < 1.29 is 23.8 Å². The molecule has 2 aliphatic rings. The summed E-state index contributed by atoms with van der Waals surface area (Å²) in [6.45, 7) is 0. The molecule has 0 unspecified atom stereocenters. The van der Waals surface area contributed by atoms with Gasteiger partial charge in [0.05, 0.1) is 21.3 Å². The minimum absolute atomic E-state index is 0.00560. The van der Waals surface area contributed by atoms with Gasteiger partial charge in [0.25, 0.3) is 0 Å². The zero-order chi connectivity index (χ0) is 18.0. The molecule has 2 saturated carbocycles. The van der Waals surface area contributed by atoms with Gasteiger partial charge in [-0.2, -0.15) is 0 Å². The summed E-state index contributed by atoms with van der Waals surface area (Å²) < 4.78 is 15.4. The lowest BCUT2D eigenvalue weighted by atomic mass is 9.88. The van der Waals surface area contributed by atoms with Crippen LogP contribution in [-0.4, -0.2) is 33.2 Å². The van der Waals surface area contributed by atoms with E-state index in [4.69, 9.17) is 14.2 Å². The van der Waals surface area contributed by atoms with E-state index in [1.165, 1.54) is 20.6 Å². The highest BCUT2D eigenvalue weighted by Crippen LogP contribution is 2.48. The Kier molecular flexibility index (Phi) is 5.16. The Morgan fingerprint density at radius 3 is 2.40 bits per heavy atom. The van der Waals surface area contributed by atoms with E-state index < -0.39 is 12.0 Å². The second kappa shape index (κ2) is 7.33. The van der Waals surface area contributed by atoms with Gasteiger partial charge in [0.2, 0.25) is 5.91 Å². The van der Waals surface area contributed by atoms with Crippen molar-refractivity contribution in [2.45, 2.75) is 31.7 Å². The predicted octanol–water partition coefficient (Wildman–Crippen LogP) is 2.47. The fourth-order valence-corrected chi connectivity index (χ4v) is 4.24. The summed E-state index contributed by atoms with van der Waals surface area (Å²) in [5, 5.41) is 2.89. The highest BCUT2D eigenvalue weighted by atomic mass is 16.5. The first-order chi connectivity index (χ1) is 12.1. The van der Waals surface area contributed by atoms with E-state index in [-0.39, 0.29) is 11.8 Å². The van der Waals surface area contributed by atoms with Gasteiger partial charge in [-0.15, -0.1) is 0 Å². The zero-order valence-electron chi connectivity index (χ0n) is 14.9. The Bertz CT molecular complexity index is 659. The molecule has 0 radical (unpaired) electrons. The van der Waals surface area contributed by atoms with Crippen molar-refractivity contribution in [1.29, 1.82) is 0 Å². The number of amides is 1. The smallest absolute Gasteiger partial charge is 0.333 e. The van der Waals surface area contributed by atoms with Crippen LogP contribution in [-0.2, 0) is 14.3 Å². The number of nitrogens with one attached hydrogen (secondary N) is 1. The van der Waals surface area contributed by atoms with Crippen LogP contribution in [0.4, 0.5) is 0 Å². The Hall–Kier alpha value is -2.24. The van der Waals surface area contributed by atoms with Gasteiger partial charge in [-0.3, -0.25) is 4.79 Å². The molecule has 3 rings (SSSR count). The molecule has 2 bridgehead atoms. The molecule has 0 saturated heterocycles. The molecule has 0 heterocycles. The first-order valence-electron chi connectivity index (χ1n) is 8.67. The number of carbonyl (C=O) groups excluding carboxylic acids is 2. The fourth-order valence-electron chi connectivity index (χ4n) is 4.24. The summed E-state index contributed by atoms with van der Waals surface area (Å²) >= 11 is 0. The molecule has 1 aromatic rings. The predicted molar refractivity (Wildman–Crippen MR) is 91.4 cm³/mol. The zero-order valence-corrected chi connectivity index (χ0v) is 14.9. The van der Waals surface area contributed by atoms with Gasteiger partial charge in [0.1, 0.15) is 0 Å². The summed E-state index contributed by atoms with van der Waals surface area (Å²) in [5.41, 5.74) is 0.612. The van der Waals surface area contributed by atoms with E-state index in [0.717, 1.165) is 19.3 Å². The summed E-state index contributed by atoms with van der Waals surface area (Å²) in [6, 6.07) is 4.30. The van der Waals surface area contributed by atoms with Crippen molar-refractivity contribution in [2.24, 2.45) is 17.8 Å². The summed E-state index contributed by atoms with van der Waals surface area (Å²) in [7, 11) is 4.40. The van der Waals surface area contributed by atoms with Crippen LogP contribution < -0.4 is 14.8 Å². The summed E-state index contributed by atoms with van der Waals surface area (Å²) in [4.78, 5) is 25.0. The average Bonchev–Trinajstić information content (AvgIpc) is 3.28. The monoisotopic (exact) mass is 347 g/mol. The Morgan fingerprint density at radius 2 is 1.84 bits per heavy atom. The molecule has 136 valence electrons. The molecule has 1 aromatic carbocycles. The maximum absolute atomic E-state index is 12.7. The molecule has 4 atom stereocenters. The molecule has 1 amide bonds. The van der Waals surface area contributed by atoms with Gasteiger partial charge in [-0.05, 0) is 48.8 Å². The average molecular weight is 347 g/mol. The van der Waals surface area contributed by atoms with E-state index >= 15 is 0 Å². The largest absolute Gasteiger partial charge is 0.493 e. The molecule has 2 fully saturated rings. The Balaban J connectivity index is 1.80. The molecule has 25 heavy (non-hydrogen) atoms. The number of ether oxygens (including phenoxy) is 3. The number of carbonyl (C=O) groups is 2. The number of hydrogen-bond acceptors (Lipinski definition) is 5. The third-order valence-corrected chi connectivity index (χ3v) is 5.54. The molecule has 1 N–H and O–H groups in total. The molecule has 0 aliphatic heterocycles. The first-order valence-corrected chi connectivity index (χ1v) is 8.67. The van der Waals surface area contributed by atoms with E-state index in [9.17, 15) is 9.59 Å². The summed E-state index contributed by atoms with van der Waals surface area (Å²) in [5.74, 6) is 1.64. The molecular formula is C19H25NO5. The minimum Gasteiger partial charge on any atom is -0.493 e. The van der Waals surface area contributed by atoms with E-state index in [1.54, 1.807) is 25.3 Å². The van der Waals surface area contributed by atoms with Crippen LogP contribution in [0.3, 0.4) is 0 Å². The van der Waals surface area contributed by atoms with Gasteiger partial charge in [-0.25, -0.2) is 4.79 Å². The number of esters is 1. The molecule has 0 spiro atoms. The fraction of sp³-hybridized carbons (Fsp3) is 0.579. The van der Waals surface area contributed by atoms with Crippen LogP contribution in [0.5, 0.6) is 11.5 Å². The lowest BCUT2D eigenvalue weighted by molar-refractivity contribution is -0.146. The van der Waals surface area contributed by atoms with Crippen molar-refractivity contribution in [3.8, 4) is 11.5 Å². The third kappa shape index (κ3) is 3.43. The van der Waals surface area contributed by atoms with Crippen molar-refractivity contribution in [1.82, 2.24) is 5.32 Å². The molecule has 0 aromatic heterocycles. The van der Waals surface area contributed by atoms with Gasteiger partial charge in [-0.1, -0.05) is 12.5 Å². The quantitative estimate of drug-likeness (QED) is 0.800. The highest BCUT2D eigenvalue weighted by molar-refractivity contribution is 5.87. The Labute approximate surface area is 147 Å². The highest BCUT2D eigenvalue weighted by Gasteiger charge is 2.44. The maximum Gasteiger partial charge on any atom is 0.333 e. The van der Waals surface area contributed by atoms with Crippen LogP contribution >= 0.6 is 0 Å².